The SMILES string of the molecule is Cc1cc(C(=O)NC2CCCC2)cs1. The standard InChI is InChI=1S/C11H15NOS/c1-8-6-9(7-14-8)11(13)12-10-4-2-3-5-10/h6-7,10H,2-5H2,1H3,(H,12,13). The first kappa shape index (κ1) is 9.71. The van der Waals surface area contributed by atoms with E-state index in [-0.39, 0.29) is 5.91 Å². The molecular formula is C11H15NOS. The third-order valence-electron chi connectivity index (χ3n) is 2.68. The molecule has 1 aromatic heterocycles. The fourth-order valence-corrected chi connectivity index (χ4v) is 2.58. The van der Waals surface area contributed by atoms with Gasteiger partial charge in [-0.25, -0.2) is 0 Å². The van der Waals surface area contributed by atoms with Crippen LogP contribution in [0, 0.1) is 6.92 Å². The molecule has 0 radical (unpaired) electrons. The molecule has 1 amide bonds. The lowest BCUT2D eigenvalue weighted by Crippen LogP contribution is -2.32. The number of hydrogen-bond donors (Lipinski definition) is 1. The molecule has 1 heterocycles. The first-order chi connectivity index (χ1) is 6.75. The van der Waals surface area contributed by atoms with Gasteiger partial charge in [-0.05, 0) is 25.8 Å². The van der Waals surface area contributed by atoms with Crippen LogP contribution in [-0.2, 0) is 0 Å². The van der Waals surface area contributed by atoms with Gasteiger partial charge >= 0.3 is 0 Å². The van der Waals surface area contributed by atoms with Crippen molar-refractivity contribution in [2.75, 3.05) is 0 Å². The zero-order chi connectivity index (χ0) is 9.97. The van der Waals surface area contributed by atoms with Crippen LogP contribution in [0.1, 0.15) is 40.9 Å². The first-order valence-corrected chi connectivity index (χ1v) is 5.99. The molecule has 1 aromatic rings. The highest BCUT2D eigenvalue weighted by Gasteiger charge is 2.18. The van der Waals surface area contributed by atoms with Crippen LogP contribution in [0.5, 0.6) is 0 Å². The third-order valence-corrected chi connectivity index (χ3v) is 3.54. The number of aryl methyl sites for hydroxylation is 1. The summed E-state index contributed by atoms with van der Waals surface area (Å²) in [5.41, 5.74) is 0.819. The molecule has 0 unspecified atom stereocenters. The second-order valence-corrected chi connectivity index (χ2v) is 5.02. The second-order valence-electron chi connectivity index (χ2n) is 3.90. The smallest absolute Gasteiger partial charge is 0.252 e. The maximum Gasteiger partial charge on any atom is 0.252 e. The molecular weight excluding hydrogens is 194 g/mol. The quantitative estimate of drug-likeness (QED) is 0.797. The minimum Gasteiger partial charge on any atom is -0.349 e. The Morgan fingerprint density at radius 2 is 2.21 bits per heavy atom. The van der Waals surface area contributed by atoms with Gasteiger partial charge in [0.25, 0.3) is 5.91 Å². The van der Waals surface area contributed by atoms with E-state index < -0.39 is 0 Å². The number of hydrogen-bond acceptors (Lipinski definition) is 2. The van der Waals surface area contributed by atoms with E-state index >= 15 is 0 Å². The molecule has 1 saturated carbocycles. The molecule has 14 heavy (non-hydrogen) atoms. The summed E-state index contributed by atoms with van der Waals surface area (Å²) in [6.07, 6.45) is 4.81. The highest BCUT2D eigenvalue weighted by atomic mass is 32.1. The summed E-state index contributed by atoms with van der Waals surface area (Å²) in [5, 5.41) is 5.01. The Labute approximate surface area is 88.3 Å². The number of thiophene rings is 1. The van der Waals surface area contributed by atoms with Gasteiger partial charge in [-0.15, -0.1) is 11.3 Å². The molecule has 2 rings (SSSR count). The van der Waals surface area contributed by atoms with Crippen molar-refractivity contribution in [1.29, 1.82) is 0 Å². The van der Waals surface area contributed by atoms with E-state index in [9.17, 15) is 4.79 Å². The number of carbonyl (C=O) groups is 1. The fourth-order valence-electron chi connectivity index (χ4n) is 1.90. The lowest BCUT2D eigenvalue weighted by molar-refractivity contribution is 0.0938. The number of nitrogens with one attached hydrogen (secondary N) is 1. The Hall–Kier alpha value is -0.830. The van der Waals surface area contributed by atoms with Gasteiger partial charge in [0.2, 0.25) is 0 Å². The predicted molar refractivity (Wildman–Crippen MR) is 58.8 cm³/mol. The number of rotatable bonds is 2. The van der Waals surface area contributed by atoms with Crippen LogP contribution in [0.3, 0.4) is 0 Å². The lowest BCUT2D eigenvalue weighted by Gasteiger charge is -2.10. The van der Waals surface area contributed by atoms with Crippen molar-refractivity contribution in [3.05, 3.63) is 21.9 Å². The molecule has 0 saturated heterocycles. The zero-order valence-corrected chi connectivity index (χ0v) is 9.19. The summed E-state index contributed by atoms with van der Waals surface area (Å²) in [4.78, 5) is 12.9. The molecule has 1 fully saturated rings. The average Bonchev–Trinajstić information content (AvgIpc) is 2.75. The summed E-state index contributed by atoms with van der Waals surface area (Å²) in [6, 6.07) is 2.37. The van der Waals surface area contributed by atoms with Gasteiger partial charge in [-0.1, -0.05) is 12.8 Å². The maximum absolute atomic E-state index is 11.7. The topological polar surface area (TPSA) is 29.1 Å². The normalized spacial score (nSPS) is 17.2. The Morgan fingerprint density at radius 1 is 1.50 bits per heavy atom. The number of amides is 1. The molecule has 0 atom stereocenters. The highest BCUT2D eigenvalue weighted by Crippen LogP contribution is 2.19. The second kappa shape index (κ2) is 4.13. The number of carbonyl (C=O) groups excluding carboxylic acids is 1. The summed E-state index contributed by atoms with van der Waals surface area (Å²) >= 11 is 1.63. The summed E-state index contributed by atoms with van der Waals surface area (Å²) < 4.78 is 0. The third kappa shape index (κ3) is 2.15. The lowest BCUT2D eigenvalue weighted by atomic mass is 10.2. The van der Waals surface area contributed by atoms with E-state index in [1.54, 1.807) is 11.3 Å². The largest absolute Gasteiger partial charge is 0.349 e. The van der Waals surface area contributed by atoms with Crippen molar-refractivity contribution in [3.8, 4) is 0 Å². The highest BCUT2D eigenvalue weighted by molar-refractivity contribution is 7.10. The van der Waals surface area contributed by atoms with Gasteiger partial charge in [0, 0.05) is 16.3 Å². The summed E-state index contributed by atoms with van der Waals surface area (Å²) in [5.74, 6) is 0.0984. The van der Waals surface area contributed by atoms with Gasteiger partial charge < -0.3 is 5.32 Å². The van der Waals surface area contributed by atoms with Crippen molar-refractivity contribution in [3.63, 3.8) is 0 Å². The van der Waals surface area contributed by atoms with Crippen LogP contribution >= 0.6 is 11.3 Å². The van der Waals surface area contributed by atoms with Crippen LogP contribution in [0.15, 0.2) is 11.4 Å². The summed E-state index contributed by atoms with van der Waals surface area (Å²) in [6.45, 7) is 2.02. The molecule has 3 heteroatoms. The van der Waals surface area contributed by atoms with Crippen LogP contribution < -0.4 is 5.32 Å². The van der Waals surface area contributed by atoms with E-state index in [0.29, 0.717) is 6.04 Å². The Kier molecular flexibility index (Phi) is 2.87. The average molecular weight is 209 g/mol. The van der Waals surface area contributed by atoms with E-state index in [2.05, 4.69) is 5.32 Å². The maximum atomic E-state index is 11.7. The molecule has 2 nitrogen and oxygen atoms in total. The van der Waals surface area contributed by atoms with Crippen LogP contribution in [0.2, 0.25) is 0 Å². The minimum atomic E-state index is 0.0984. The Morgan fingerprint density at radius 3 is 2.79 bits per heavy atom. The zero-order valence-electron chi connectivity index (χ0n) is 8.38. The van der Waals surface area contributed by atoms with E-state index in [1.165, 1.54) is 17.7 Å². The monoisotopic (exact) mass is 209 g/mol. The van der Waals surface area contributed by atoms with Gasteiger partial charge in [0.15, 0.2) is 0 Å². The van der Waals surface area contributed by atoms with Crippen molar-refractivity contribution in [1.82, 2.24) is 5.32 Å². The van der Waals surface area contributed by atoms with Gasteiger partial charge in [0.1, 0.15) is 0 Å². The van der Waals surface area contributed by atoms with Gasteiger partial charge in [0.05, 0.1) is 5.56 Å². The molecule has 1 aliphatic carbocycles. The van der Waals surface area contributed by atoms with Crippen molar-refractivity contribution >= 4 is 17.2 Å². The first-order valence-electron chi connectivity index (χ1n) is 5.12. The fraction of sp³-hybridized carbons (Fsp3) is 0.545. The Bertz CT molecular complexity index is 326. The van der Waals surface area contributed by atoms with Crippen LogP contribution in [-0.4, -0.2) is 11.9 Å². The molecule has 0 aliphatic heterocycles. The van der Waals surface area contributed by atoms with Crippen molar-refractivity contribution < 1.29 is 4.79 Å². The van der Waals surface area contributed by atoms with Gasteiger partial charge in [-0.2, -0.15) is 0 Å². The minimum absolute atomic E-state index is 0.0984. The van der Waals surface area contributed by atoms with E-state index in [0.717, 1.165) is 18.4 Å². The Balaban J connectivity index is 1.95. The predicted octanol–water partition coefficient (Wildman–Crippen LogP) is 2.73. The molecule has 76 valence electrons. The molecule has 0 bridgehead atoms. The molecule has 1 aliphatic rings. The molecule has 0 spiro atoms. The van der Waals surface area contributed by atoms with E-state index in [1.807, 2.05) is 18.4 Å². The van der Waals surface area contributed by atoms with Crippen molar-refractivity contribution in [2.45, 2.75) is 38.6 Å². The van der Waals surface area contributed by atoms with Crippen LogP contribution in [0.4, 0.5) is 0 Å². The van der Waals surface area contributed by atoms with E-state index in [4.69, 9.17) is 0 Å². The molecule has 0 aromatic carbocycles. The molecule has 1 N–H and O–H groups in total. The van der Waals surface area contributed by atoms with Crippen LogP contribution in [0.25, 0.3) is 0 Å². The summed E-state index contributed by atoms with van der Waals surface area (Å²) in [7, 11) is 0. The van der Waals surface area contributed by atoms with Gasteiger partial charge in [-0.3, -0.25) is 4.79 Å². The van der Waals surface area contributed by atoms with Crippen molar-refractivity contribution in [2.24, 2.45) is 0 Å².